The second kappa shape index (κ2) is 29.2. The summed E-state index contributed by atoms with van der Waals surface area (Å²) in [5, 5.41) is 0. The predicted octanol–water partition coefficient (Wildman–Crippen LogP) is 17.4. The van der Waals surface area contributed by atoms with E-state index in [-0.39, 0.29) is 0 Å². The zero-order valence-electron chi connectivity index (χ0n) is 41.9. The SMILES string of the molecule is CCCCCCCCCc1cnc([C@H]2CC[C@H](Cc3cc(CCCC)ccc3Oc3ccc(CCCC)cc3C[C@H]3CC[C@H](c4ncc(CCCCCCCCC)cn4)CC3)CC2)nc1. The van der Waals surface area contributed by atoms with Crippen LogP contribution in [0.3, 0.4) is 0 Å². The molecule has 6 rings (SSSR count). The summed E-state index contributed by atoms with van der Waals surface area (Å²) < 4.78 is 7.12. The number of nitrogens with zero attached hydrogens (tertiary/aromatic N) is 4. The average Bonchev–Trinajstić information content (AvgIpc) is 3.34. The van der Waals surface area contributed by atoms with Crippen molar-refractivity contribution >= 4 is 0 Å². The average molecular weight is 883 g/mol. The van der Waals surface area contributed by atoms with Gasteiger partial charge in [-0.3, -0.25) is 0 Å². The lowest BCUT2D eigenvalue weighted by Gasteiger charge is -2.29. The molecule has 2 heterocycles. The summed E-state index contributed by atoms with van der Waals surface area (Å²) in [6.07, 6.45) is 48.4. The van der Waals surface area contributed by atoms with Gasteiger partial charge in [-0.05, 0) is 173 Å². The molecule has 0 aliphatic heterocycles. The highest BCUT2D eigenvalue weighted by Crippen LogP contribution is 2.41. The van der Waals surface area contributed by atoms with Crippen molar-refractivity contribution in [2.75, 3.05) is 0 Å². The van der Waals surface area contributed by atoms with Gasteiger partial charge in [0.05, 0.1) is 0 Å². The minimum Gasteiger partial charge on any atom is -0.457 e. The molecule has 2 aliphatic rings. The Bertz CT molecular complexity index is 1740. The zero-order chi connectivity index (χ0) is 45.3. The molecule has 0 amide bonds. The third-order valence-electron chi connectivity index (χ3n) is 15.1. The Balaban J connectivity index is 1.04. The first kappa shape index (κ1) is 50.8. The van der Waals surface area contributed by atoms with Crippen LogP contribution >= 0.6 is 0 Å². The Hall–Kier alpha value is -3.60. The summed E-state index contributed by atoms with van der Waals surface area (Å²) in [5.74, 6) is 6.52. The van der Waals surface area contributed by atoms with E-state index in [0.29, 0.717) is 23.7 Å². The molecule has 5 nitrogen and oxygen atoms in total. The summed E-state index contributed by atoms with van der Waals surface area (Å²) in [7, 11) is 0. The second-order valence-electron chi connectivity index (χ2n) is 20.7. The molecule has 2 aromatic heterocycles. The van der Waals surface area contributed by atoms with E-state index >= 15 is 0 Å². The topological polar surface area (TPSA) is 60.8 Å². The third-order valence-corrected chi connectivity index (χ3v) is 15.1. The Morgan fingerprint density at radius 2 is 0.723 bits per heavy atom. The highest BCUT2D eigenvalue weighted by molar-refractivity contribution is 5.45. The van der Waals surface area contributed by atoms with Gasteiger partial charge in [-0.25, -0.2) is 19.9 Å². The van der Waals surface area contributed by atoms with Crippen molar-refractivity contribution in [1.82, 2.24) is 19.9 Å². The number of unbranched alkanes of at least 4 members (excludes halogenated alkanes) is 14. The van der Waals surface area contributed by atoms with Gasteiger partial charge in [0.1, 0.15) is 23.1 Å². The molecule has 0 bridgehead atoms. The summed E-state index contributed by atoms with van der Waals surface area (Å²) >= 11 is 0. The van der Waals surface area contributed by atoms with Crippen LogP contribution in [0.5, 0.6) is 11.5 Å². The van der Waals surface area contributed by atoms with Gasteiger partial charge in [0.25, 0.3) is 0 Å². The Labute approximate surface area is 397 Å². The lowest BCUT2D eigenvalue weighted by Crippen LogP contribution is -2.18. The van der Waals surface area contributed by atoms with Gasteiger partial charge in [0, 0.05) is 36.6 Å². The minimum atomic E-state index is 0.479. The number of rotatable bonds is 30. The molecule has 2 aromatic carbocycles. The summed E-state index contributed by atoms with van der Waals surface area (Å²) in [6, 6.07) is 14.2. The van der Waals surface area contributed by atoms with Gasteiger partial charge in [-0.1, -0.05) is 142 Å². The monoisotopic (exact) mass is 883 g/mol. The standard InChI is InChI=1S/C60H90N4O/c1-5-9-13-15-17-19-21-25-51-43-61-59(62-44-51)53-33-27-49(28-34-53)41-55-39-47(23-11-7-3)31-37-57(55)65-58-38-32-48(24-12-8-4)40-56(58)42-50-29-35-54(36-30-50)60-63-45-52(46-64-60)26-22-20-18-16-14-10-6-2/h31-32,37-40,43-46,49-50,53-54H,5-30,33-36,41-42H2,1-4H3/t49-,50-,53-,54-. The maximum atomic E-state index is 7.12. The summed E-state index contributed by atoms with van der Waals surface area (Å²) in [4.78, 5) is 19.7. The normalized spacial score (nSPS) is 18.8. The summed E-state index contributed by atoms with van der Waals surface area (Å²) in [6.45, 7) is 9.17. The van der Waals surface area contributed by atoms with E-state index in [1.807, 2.05) is 0 Å². The first-order valence-corrected chi connectivity index (χ1v) is 27.6. The molecule has 0 N–H and O–H groups in total. The lowest BCUT2D eigenvalue weighted by molar-refractivity contribution is 0.312. The molecule has 2 aliphatic carbocycles. The molecule has 65 heavy (non-hydrogen) atoms. The zero-order valence-corrected chi connectivity index (χ0v) is 41.9. The van der Waals surface area contributed by atoms with E-state index in [1.54, 1.807) is 0 Å². The molecule has 0 saturated heterocycles. The van der Waals surface area contributed by atoms with Crippen LogP contribution in [-0.4, -0.2) is 19.9 Å². The van der Waals surface area contributed by atoms with Crippen molar-refractivity contribution in [1.29, 1.82) is 0 Å². The van der Waals surface area contributed by atoms with Crippen molar-refractivity contribution < 1.29 is 4.74 Å². The number of ether oxygens (including phenoxy) is 1. The summed E-state index contributed by atoms with van der Waals surface area (Å²) in [5.41, 5.74) is 8.29. The van der Waals surface area contributed by atoms with E-state index in [2.05, 4.69) is 88.9 Å². The fourth-order valence-electron chi connectivity index (χ4n) is 10.8. The molecule has 356 valence electrons. The molecule has 2 fully saturated rings. The van der Waals surface area contributed by atoms with Crippen molar-refractivity contribution in [3.05, 3.63) is 106 Å². The van der Waals surface area contributed by atoms with Crippen LogP contribution in [0.2, 0.25) is 0 Å². The van der Waals surface area contributed by atoms with Gasteiger partial charge in [0.2, 0.25) is 0 Å². The molecule has 0 unspecified atom stereocenters. The van der Waals surface area contributed by atoms with E-state index in [4.69, 9.17) is 24.7 Å². The van der Waals surface area contributed by atoms with E-state index in [1.165, 1.54) is 200 Å². The molecule has 5 heteroatoms. The van der Waals surface area contributed by atoms with Crippen molar-refractivity contribution in [3.63, 3.8) is 0 Å². The van der Waals surface area contributed by atoms with Crippen molar-refractivity contribution in [3.8, 4) is 11.5 Å². The van der Waals surface area contributed by atoms with Crippen molar-refractivity contribution in [2.24, 2.45) is 11.8 Å². The molecular formula is C60H90N4O. The minimum absolute atomic E-state index is 0.479. The maximum Gasteiger partial charge on any atom is 0.131 e. The van der Waals surface area contributed by atoms with Crippen LogP contribution in [0.1, 0.15) is 252 Å². The van der Waals surface area contributed by atoms with Gasteiger partial charge < -0.3 is 4.74 Å². The Kier molecular flexibility index (Phi) is 22.8. The molecule has 0 spiro atoms. The van der Waals surface area contributed by atoms with Crippen LogP contribution in [0.4, 0.5) is 0 Å². The quantitative estimate of drug-likeness (QED) is 0.0488. The Morgan fingerprint density at radius 1 is 0.385 bits per heavy atom. The van der Waals surface area contributed by atoms with Crippen LogP contribution in [-0.2, 0) is 38.5 Å². The van der Waals surface area contributed by atoms with E-state index in [0.717, 1.165) is 61.7 Å². The Morgan fingerprint density at radius 3 is 1.09 bits per heavy atom. The molecule has 2 saturated carbocycles. The van der Waals surface area contributed by atoms with Gasteiger partial charge >= 0.3 is 0 Å². The predicted molar refractivity (Wildman–Crippen MR) is 274 cm³/mol. The highest BCUT2D eigenvalue weighted by atomic mass is 16.5. The number of hydrogen-bond donors (Lipinski definition) is 0. The van der Waals surface area contributed by atoms with Crippen LogP contribution in [0.15, 0.2) is 61.2 Å². The highest BCUT2D eigenvalue weighted by Gasteiger charge is 2.27. The first-order valence-electron chi connectivity index (χ1n) is 27.6. The maximum absolute atomic E-state index is 7.12. The van der Waals surface area contributed by atoms with Crippen molar-refractivity contribution in [2.45, 2.75) is 245 Å². The first-order chi connectivity index (χ1) is 32.0. The molecule has 4 aromatic rings. The number of aromatic nitrogens is 4. The fraction of sp³-hybridized carbons (Fsp3) is 0.667. The van der Waals surface area contributed by atoms with Crippen LogP contribution in [0.25, 0.3) is 0 Å². The smallest absolute Gasteiger partial charge is 0.131 e. The van der Waals surface area contributed by atoms with E-state index < -0.39 is 0 Å². The van der Waals surface area contributed by atoms with Gasteiger partial charge in [-0.15, -0.1) is 0 Å². The molecule has 0 radical (unpaired) electrons. The van der Waals surface area contributed by atoms with Crippen LogP contribution in [0, 0.1) is 11.8 Å². The molecule has 0 atom stereocenters. The van der Waals surface area contributed by atoms with Crippen LogP contribution < -0.4 is 4.74 Å². The lowest BCUT2D eigenvalue weighted by atomic mass is 9.78. The number of hydrogen-bond acceptors (Lipinski definition) is 5. The largest absolute Gasteiger partial charge is 0.457 e. The molecular weight excluding hydrogens is 793 g/mol. The van der Waals surface area contributed by atoms with Gasteiger partial charge in [0.15, 0.2) is 0 Å². The number of aryl methyl sites for hydroxylation is 4. The van der Waals surface area contributed by atoms with Gasteiger partial charge in [-0.2, -0.15) is 0 Å². The number of benzene rings is 2. The third kappa shape index (κ3) is 17.5. The van der Waals surface area contributed by atoms with E-state index in [9.17, 15) is 0 Å². The second-order valence-corrected chi connectivity index (χ2v) is 20.7. The fourth-order valence-corrected chi connectivity index (χ4v) is 10.8.